The van der Waals surface area contributed by atoms with Gasteiger partial charge in [-0.15, -0.1) is 0 Å². The Morgan fingerprint density at radius 1 is 1.21 bits per heavy atom. The van der Waals surface area contributed by atoms with E-state index in [0.29, 0.717) is 6.42 Å². The number of nitrogens with zero attached hydrogens (tertiary/aromatic N) is 3. The lowest BCUT2D eigenvalue weighted by Crippen LogP contribution is -2.34. The monoisotopic (exact) mass is 259 g/mol. The van der Waals surface area contributed by atoms with Crippen molar-refractivity contribution in [3.05, 3.63) is 29.8 Å². The highest BCUT2D eigenvalue weighted by Crippen LogP contribution is 2.27. The van der Waals surface area contributed by atoms with Gasteiger partial charge in [-0.3, -0.25) is 0 Å². The van der Waals surface area contributed by atoms with Gasteiger partial charge in [0.05, 0.1) is 17.4 Å². The number of hydrogen-bond donors (Lipinski definition) is 0. The van der Waals surface area contributed by atoms with E-state index >= 15 is 0 Å². The highest BCUT2D eigenvalue weighted by atomic mass is 16.5. The highest BCUT2D eigenvalue weighted by Gasteiger charge is 2.32. The van der Waals surface area contributed by atoms with Gasteiger partial charge in [-0.05, 0) is 39.8 Å². The van der Waals surface area contributed by atoms with Crippen molar-refractivity contribution in [2.24, 2.45) is 10.2 Å². The third kappa shape index (κ3) is 4.80. The maximum Gasteiger partial charge on any atom is 0.167 e. The Labute approximate surface area is 115 Å². The van der Waals surface area contributed by atoms with Gasteiger partial charge in [0.2, 0.25) is 0 Å². The third-order valence-corrected chi connectivity index (χ3v) is 2.98. The van der Waals surface area contributed by atoms with E-state index < -0.39 is 11.1 Å². The summed E-state index contributed by atoms with van der Waals surface area (Å²) >= 11 is 0. The molecule has 0 fully saturated rings. The van der Waals surface area contributed by atoms with Gasteiger partial charge in [0, 0.05) is 13.5 Å². The molecule has 0 saturated carbocycles. The van der Waals surface area contributed by atoms with Crippen LogP contribution in [0.1, 0.15) is 32.8 Å². The second kappa shape index (κ2) is 5.94. The number of nitriles is 1. The summed E-state index contributed by atoms with van der Waals surface area (Å²) in [5.74, 6) is 0. The summed E-state index contributed by atoms with van der Waals surface area (Å²) in [5, 5.41) is 17.7. The van der Waals surface area contributed by atoms with Crippen LogP contribution in [-0.4, -0.2) is 18.2 Å². The molecule has 1 rings (SSSR count). The van der Waals surface area contributed by atoms with Crippen LogP contribution in [0, 0.1) is 18.3 Å². The molecular formula is C15H21N3O. The fourth-order valence-electron chi connectivity index (χ4n) is 1.78. The summed E-state index contributed by atoms with van der Waals surface area (Å²) in [6, 6.07) is 9.92. The lowest BCUT2D eigenvalue weighted by atomic mass is 9.90. The van der Waals surface area contributed by atoms with Crippen molar-refractivity contribution in [3.63, 3.8) is 0 Å². The fraction of sp³-hybridized carbons (Fsp3) is 0.533. The van der Waals surface area contributed by atoms with E-state index in [2.05, 4.69) is 16.3 Å². The summed E-state index contributed by atoms with van der Waals surface area (Å²) < 4.78 is 5.35. The van der Waals surface area contributed by atoms with Gasteiger partial charge in [-0.25, -0.2) is 0 Å². The molecule has 0 amide bonds. The van der Waals surface area contributed by atoms with Gasteiger partial charge in [-0.1, -0.05) is 17.7 Å². The van der Waals surface area contributed by atoms with Crippen LogP contribution in [-0.2, 0) is 4.74 Å². The summed E-state index contributed by atoms with van der Waals surface area (Å²) in [7, 11) is 1.63. The Balaban J connectivity index is 2.87. The zero-order valence-electron chi connectivity index (χ0n) is 12.3. The number of aryl methyl sites for hydroxylation is 1. The topological polar surface area (TPSA) is 57.7 Å². The Bertz CT molecular complexity index is 485. The first-order valence-corrected chi connectivity index (χ1v) is 6.26. The van der Waals surface area contributed by atoms with Crippen LogP contribution in [0.5, 0.6) is 0 Å². The predicted molar refractivity (Wildman–Crippen MR) is 75.4 cm³/mol. The van der Waals surface area contributed by atoms with Gasteiger partial charge in [0.15, 0.2) is 5.54 Å². The summed E-state index contributed by atoms with van der Waals surface area (Å²) in [6.07, 6.45) is 0.488. The fourth-order valence-corrected chi connectivity index (χ4v) is 1.78. The number of benzene rings is 1. The molecule has 0 spiro atoms. The van der Waals surface area contributed by atoms with E-state index in [1.165, 1.54) is 5.56 Å². The Hall–Kier alpha value is -1.73. The van der Waals surface area contributed by atoms with Crippen molar-refractivity contribution >= 4 is 5.69 Å². The van der Waals surface area contributed by atoms with E-state index in [0.717, 1.165) is 5.69 Å². The predicted octanol–water partition coefficient (Wildman–Crippen LogP) is 4.18. The van der Waals surface area contributed by atoms with Crippen molar-refractivity contribution in [1.82, 2.24) is 0 Å². The number of methoxy groups -OCH3 is 1. The van der Waals surface area contributed by atoms with Crippen molar-refractivity contribution in [2.45, 2.75) is 45.3 Å². The molecule has 0 N–H and O–H groups in total. The lowest BCUT2D eigenvalue weighted by Gasteiger charge is -2.28. The van der Waals surface area contributed by atoms with Crippen molar-refractivity contribution in [1.29, 1.82) is 5.26 Å². The largest absolute Gasteiger partial charge is 0.379 e. The molecule has 0 saturated heterocycles. The summed E-state index contributed by atoms with van der Waals surface area (Å²) in [4.78, 5) is 0. The van der Waals surface area contributed by atoms with Crippen molar-refractivity contribution < 1.29 is 4.74 Å². The molecule has 1 atom stereocenters. The minimum Gasteiger partial charge on any atom is -0.379 e. The molecule has 1 aromatic carbocycles. The normalized spacial score (nSPS) is 15.2. The molecule has 1 aromatic rings. The molecule has 0 aromatic heterocycles. The number of rotatable bonds is 5. The second-order valence-corrected chi connectivity index (χ2v) is 5.56. The first-order chi connectivity index (χ1) is 8.80. The second-order valence-electron chi connectivity index (χ2n) is 5.56. The van der Waals surface area contributed by atoms with Crippen LogP contribution < -0.4 is 0 Å². The quantitative estimate of drug-likeness (QED) is 0.745. The molecular weight excluding hydrogens is 238 g/mol. The Morgan fingerprint density at radius 3 is 2.26 bits per heavy atom. The molecule has 19 heavy (non-hydrogen) atoms. The standard InChI is InChI=1S/C15H21N3O/c1-12-6-8-13(9-7-12)17-18-15(4,11-16)10-14(2,3)19-5/h6-9H,10H2,1-5H3. The van der Waals surface area contributed by atoms with Crippen LogP contribution in [0.15, 0.2) is 34.5 Å². The van der Waals surface area contributed by atoms with Gasteiger partial charge >= 0.3 is 0 Å². The molecule has 0 aliphatic heterocycles. The van der Waals surface area contributed by atoms with E-state index in [1.54, 1.807) is 14.0 Å². The zero-order valence-corrected chi connectivity index (χ0v) is 12.3. The first kappa shape index (κ1) is 15.3. The van der Waals surface area contributed by atoms with Crippen LogP contribution >= 0.6 is 0 Å². The van der Waals surface area contributed by atoms with E-state index in [1.807, 2.05) is 45.0 Å². The molecule has 102 valence electrons. The molecule has 0 radical (unpaired) electrons. The maximum absolute atomic E-state index is 9.31. The Kier molecular flexibility index (Phi) is 4.79. The smallest absolute Gasteiger partial charge is 0.167 e. The minimum atomic E-state index is -0.885. The van der Waals surface area contributed by atoms with E-state index in [9.17, 15) is 5.26 Å². The number of hydrogen-bond acceptors (Lipinski definition) is 4. The van der Waals surface area contributed by atoms with Gasteiger partial charge in [0.1, 0.15) is 0 Å². The van der Waals surface area contributed by atoms with Crippen molar-refractivity contribution in [2.75, 3.05) is 7.11 Å². The van der Waals surface area contributed by atoms with Crippen LogP contribution in [0.3, 0.4) is 0 Å². The highest BCUT2D eigenvalue weighted by molar-refractivity contribution is 5.37. The van der Waals surface area contributed by atoms with Crippen LogP contribution in [0.25, 0.3) is 0 Å². The Morgan fingerprint density at radius 2 is 1.79 bits per heavy atom. The van der Waals surface area contributed by atoms with Crippen molar-refractivity contribution in [3.8, 4) is 6.07 Å². The number of azo groups is 1. The average Bonchev–Trinajstić information content (AvgIpc) is 2.38. The molecule has 4 nitrogen and oxygen atoms in total. The molecule has 0 aliphatic rings. The summed E-state index contributed by atoms with van der Waals surface area (Å²) in [6.45, 7) is 7.65. The van der Waals surface area contributed by atoms with Gasteiger partial charge in [-0.2, -0.15) is 15.5 Å². The van der Waals surface area contributed by atoms with Gasteiger partial charge in [0.25, 0.3) is 0 Å². The lowest BCUT2D eigenvalue weighted by molar-refractivity contribution is 0.00493. The average molecular weight is 259 g/mol. The van der Waals surface area contributed by atoms with Crippen LogP contribution in [0.2, 0.25) is 0 Å². The third-order valence-electron chi connectivity index (χ3n) is 2.98. The maximum atomic E-state index is 9.31. The van der Waals surface area contributed by atoms with Crippen LogP contribution in [0.4, 0.5) is 5.69 Å². The minimum absolute atomic E-state index is 0.406. The molecule has 0 heterocycles. The SMILES string of the molecule is COC(C)(C)CC(C)(C#N)N=Nc1ccc(C)cc1. The molecule has 1 unspecified atom stereocenters. The van der Waals surface area contributed by atoms with Gasteiger partial charge < -0.3 is 4.74 Å². The summed E-state index contributed by atoms with van der Waals surface area (Å²) in [5.41, 5.74) is 0.631. The van der Waals surface area contributed by atoms with E-state index in [-0.39, 0.29) is 0 Å². The molecule has 0 aliphatic carbocycles. The molecule has 4 heteroatoms. The number of ether oxygens (including phenoxy) is 1. The first-order valence-electron chi connectivity index (χ1n) is 6.26. The molecule has 0 bridgehead atoms. The zero-order chi connectivity index (χ0) is 14.5. The van der Waals surface area contributed by atoms with E-state index in [4.69, 9.17) is 4.74 Å².